The van der Waals surface area contributed by atoms with Gasteiger partial charge in [0.2, 0.25) is 0 Å². The van der Waals surface area contributed by atoms with E-state index in [1.807, 2.05) is 11.8 Å². The zero-order valence-corrected chi connectivity index (χ0v) is 14.0. The van der Waals surface area contributed by atoms with Crippen molar-refractivity contribution in [2.24, 2.45) is 0 Å². The molecule has 0 amide bonds. The van der Waals surface area contributed by atoms with Crippen LogP contribution in [0, 0.1) is 13.8 Å². The van der Waals surface area contributed by atoms with Crippen LogP contribution in [0.2, 0.25) is 0 Å². The minimum absolute atomic E-state index is 0.0190. The van der Waals surface area contributed by atoms with Crippen LogP contribution in [0.5, 0.6) is 0 Å². The molecule has 2 N–H and O–H groups in total. The molecule has 2 unspecified atom stereocenters. The van der Waals surface area contributed by atoms with E-state index in [1.54, 1.807) is 0 Å². The highest BCUT2D eigenvalue weighted by Gasteiger charge is 2.40. The maximum Gasteiger partial charge on any atom is 0.0613 e. The fourth-order valence-electron chi connectivity index (χ4n) is 3.40. The molecule has 0 aromatic heterocycles. The molecule has 0 saturated heterocycles. The van der Waals surface area contributed by atoms with Crippen molar-refractivity contribution in [3.05, 3.63) is 29.3 Å². The van der Waals surface area contributed by atoms with Gasteiger partial charge in [0.05, 0.1) is 6.61 Å². The van der Waals surface area contributed by atoms with E-state index >= 15 is 0 Å². The van der Waals surface area contributed by atoms with Crippen LogP contribution in [-0.4, -0.2) is 28.5 Å². The number of nitrogens with one attached hydrogen (secondary N) is 1. The second kappa shape index (κ2) is 6.31. The highest BCUT2D eigenvalue weighted by Crippen LogP contribution is 2.40. The van der Waals surface area contributed by atoms with Gasteiger partial charge in [-0.1, -0.05) is 24.1 Å². The molecule has 1 aromatic rings. The van der Waals surface area contributed by atoms with E-state index in [9.17, 15) is 5.11 Å². The lowest BCUT2D eigenvalue weighted by molar-refractivity contribution is 0.122. The quantitative estimate of drug-likeness (QED) is 0.867. The third kappa shape index (κ3) is 3.82. The van der Waals surface area contributed by atoms with Crippen molar-refractivity contribution < 1.29 is 5.11 Å². The molecule has 0 bridgehead atoms. The minimum Gasteiger partial charge on any atom is -0.394 e. The second-order valence-electron chi connectivity index (χ2n) is 6.96. The molecule has 116 valence electrons. The molecule has 1 aromatic carbocycles. The van der Waals surface area contributed by atoms with E-state index in [-0.39, 0.29) is 12.1 Å². The van der Waals surface area contributed by atoms with Crippen LogP contribution < -0.4 is 5.32 Å². The van der Waals surface area contributed by atoms with Gasteiger partial charge in [-0.15, -0.1) is 11.8 Å². The van der Waals surface area contributed by atoms with E-state index < -0.39 is 0 Å². The van der Waals surface area contributed by atoms with Crippen molar-refractivity contribution in [3.8, 4) is 0 Å². The summed E-state index contributed by atoms with van der Waals surface area (Å²) in [5.74, 6) is 0. The average molecular weight is 305 g/mol. The van der Waals surface area contributed by atoms with Crippen molar-refractivity contribution in [1.29, 1.82) is 0 Å². The molecule has 2 atom stereocenters. The summed E-state index contributed by atoms with van der Waals surface area (Å²) >= 11 is 2.02. The summed E-state index contributed by atoms with van der Waals surface area (Å²) in [6.45, 7) is 4.65. The van der Waals surface area contributed by atoms with E-state index in [2.05, 4.69) is 37.4 Å². The van der Waals surface area contributed by atoms with Crippen LogP contribution in [0.15, 0.2) is 23.1 Å². The van der Waals surface area contributed by atoms with Gasteiger partial charge in [0.15, 0.2) is 0 Å². The summed E-state index contributed by atoms with van der Waals surface area (Å²) < 4.78 is 0. The molecular formula is C18H27NOS. The first kappa shape index (κ1) is 15.4. The van der Waals surface area contributed by atoms with Gasteiger partial charge in [-0.05, 0) is 57.6 Å². The molecule has 3 rings (SSSR count). The highest BCUT2D eigenvalue weighted by molar-refractivity contribution is 8.00. The Hall–Kier alpha value is -0.510. The first-order valence-corrected chi connectivity index (χ1v) is 9.11. The molecule has 21 heavy (non-hydrogen) atoms. The Balaban J connectivity index is 1.68. The molecule has 0 radical (unpaired) electrons. The van der Waals surface area contributed by atoms with Gasteiger partial charge in [0.25, 0.3) is 0 Å². The third-order valence-corrected chi connectivity index (χ3v) is 6.26. The first-order valence-electron chi connectivity index (χ1n) is 8.23. The van der Waals surface area contributed by atoms with Gasteiger partial charge >= 0.3 is 0 Å². The number of aliphatic hydroxyl groups is 1. The SMILES string of the molecule is Cc1ccc(C)c(SC2CCCC(CO)(NC3CC3)C2)c1. The maximum atomic E-state index is 9.93. The lowest BCUT2D eigenvalue weighted by atomic mass is 9.82. The van der Waals surface area contributed by atoms with Crippen LogP contribution >= 0.6 is 11.8 Å². The molecule has 3 heteroatoms. The van der Waals surface area contributed by atoms with Gasteiger partial charge in [-0.25, -0.2) is 0 Å². The van der Waals surface area contributed by atoms with Crippen LogP contribution in [-0.2, 0) is 0 Å². The summed E-state index contributed by atoms with van der Waals surface area (Å²) in [6.07, 6.45) is 7.30. The number of thioether (sulfide) groups is 1. The number of rotatable bonds is 5. The topological polar surface area (TPSA) is 32.3 Å². The highest BCUT2D eigenvalue weighted by atomic mass is 32.2. The largest absolute Gasteiger partial charge is 0.394 e. The van der Waals surface area contributed by atoms with E-state index in [1.165, 1.54) is 41.7 Å². The number of aryl methyl sites for hydroxylation is 2. The summed E-state index contributed by atoms with van der Waals surface area (Å²) in [5.41, 5.74) is 2.69. The van der Waals surface area contributed by atoms with Crippen LogP contribution in [0.3, 0.4) is 0 Å². The predicted molar refractivity (Wildman–Crippen MR) is 90.0 cm³/mol. The zero-order chi connectivity index (χ0) is 14.9. The molecule has 0 heterocycles. The van der Waals surface area contributed by atoms with Crippen LogP contribution in [0.25, 0.3) is 0 Å². The monoisotopic (exact) mass is 305 g/mol. The Labute approximate surface area is 132 Å². The fraction of sp³-hybridized carbons (Fsp3) is 0.667. The Morgan fingerprint density at radius 2 is 2.10 bits per heavy atom. The van der Waals surface area contributed by atoms with Crippen molar-refractivity contribution in [2.45, 2.75) is 74.1 Å². The Bertz CT molecular complexity index is 500. The summed E-state index contributed by atoms with van der Waals surface area (Å²) in [7, 11) is 0. The Kier molecular flexibility index (Phi) is 4.63. The lowest BCUT2D eigenvalue weighted by Gasteiger charge is -2.40. The molecule has 2 fully saturated rings. The van der Waals surface area contributed by atoms with Gasteiger partial charge in [0.1, 0.15) is 0 Å². The first-order chi connectivity index (χ1) is 10.1. The second-order valence-corrected chi connectivity index (χ2v) is 8.30. The Morgan fingerprint density at radius 1 is 1.29 bits per heavy atom. The molecule has 0 aliphatic heterocycles. The fourth-order valence-corrected chi connectivity index (χ4v) is 4.96. The van der Waals surface area contributed by atoms with Crippen molar-refractivity contribution in [2.75, 3.05) is 6.61 Å². The van der Waals surface area contributed by atoms with Crippen molar-refractivity contribution in [1.82, 2.24) is 5.32 Å². The van der Waals surface area contributed by atoms with E-state index in [4.69, 9.17) is 0 Å². The predicted octanol–water partition coefficient (Wildman–Crippen LogP) is 3.82. The Morgan fingerprint density at radius 3 is 2.81 bits per heavy atom. The van der Waals surface area contributed by atoms with E-state index in [0.29, 0.717) is 11.3 Å². The standard InChI is InChI=1S/C18H27NOS/c1-13-5-6-14(2)17(10-13)21-16-4-3-9-18(11-16,12-20)19-15-7-8-15/h5-6,10,15-16,19-20H,3-4,7-9,11-12H2,1-2H3. The van der Waals surface area contributed by atoms with E-state index in [0.717, 1.165) is 12.8 Å². The summed E-state index contributed by atoms with van der Waals surface area (Å²) in [5, 5.41) is 14.3. The summed E-state index contributed by atoms with van der Waals surface area (Å²) in [6, 6.07) is 7.39. The molecule has 2 nitrogen and oxygen atoms in total. The van der Waals surface area contributed by atoms with Crippen LogP contribution in [0.4, 0.5) is 0 Å². The lowest BCUT2D eigenvalue weighted by Crippen LogP contribution is -2.53. The summed E-state index contributed by atoms with van der Waals surface area (Å²) in [4.78, 5) is 1.42. The minimum atomic E-state index is -0.0190. The average Bonchev–Trinajstić information content (AvgIpc) is 3.27. The molecule has 2 aliphatic rings. The molecular weight excluding hydrogens is 278 g/mol. The number of hydrogen-bond acceptors (Lipinski definition) is 3. The zero-order valence-electron chi connectivity index (χ0n) is 13.2. The number of hydrogen-bond donors (Lipinski definition) is 2. The maximum absolute atomic E-state index is 9.93. The molecule has 2 saturated carbocycles. The van der Waals surface area contributed by atoms with Gasteiger partial charge in [-0.2, -0.15) is 0 Å². The number of aliphatic hydroxyl groups excluding tert-OH is 1. The van der Waals surface area contributed by atoms with Gasteiger partial charge in [-0.3, -0.25) is 0 Å². The third-order valence-electron chi connectivity index (χ3n) is 4.83. The normalized spacial score (nSPS) is 29.6. The van der Waals surface area contributed by atoms with Crippen LogP contribution in [0.1, 0.15) is 49.7 Å². The number of benzene rings is 1. The molecule has 0 spiro atoms. The van der Waals surface area contributed by atoms with Crippen molar-refractivity contribution in [3.63, 3.8) is 0 Å². The van der Waals surface area contributed by atoms with Crippen molar-refractivity contribution >= 4 is 11.8 Å². The van der Waals surface area contributed by atoms with Gasteiger partial charge < -0.3 is 10.4 Å². The van der Waals surface area contributed by atoms with Gasteiger partial charge in [0, 0.05) is 21.7 Å². The molecule has 2 aliphatic carbocycles. The smallest absolute Gasteiger partial charge is 0.0613 e.